The van der Waals surface area contributed by atoms with E-state index in [4.69, 9.17) is 0 Å². The third-order valence-corrected chi connectivity index (χ3v) is 2.99. The van der Waals surface area contributed by atoms with E-state index in [9.17, 15) is 17.6 Å². The molecule has 0 bridgehead atoms. The fraction of sp³-hybridized carbons (Fsp3) is 0.357. The summed E-state index contributed by atoms with van der Waals surface area (Å²) in [5.74, 6) is -0.884. The van der Waals surface area contributed by atoms with Crippen molar-refractivity contribution < 1.29 is 17.6 Å². The van der Waals surface area contributed by atoms with E-state index in [1.54, 1.807) is 10.9 Å². The van der Waals surface area contributed by atoms with Crippen molar-refractivity contribution in [2.75, 3.05) is 6.54 Å². The van der Waals surface area contributed by atoms with Gasteiger partial charge in [-0.15, -0.1) is 0 Å². The highest BCUT2D eigenvalue weighted by Gasteiger charge is 2.33. The van der Waals surface area contributed by atoms with E-state index in [0.29, 0.717) is 19.2 Å². The summed E-state index contributed by atoms with van der Waals surface area (Å²) in [7, 11) is 0. The van der Waals surface area contributed by atoms with E-state index < -0.39 is 17.6 Å². The average molecular weight is 301 g/mol. The molecule has 0 fully saturated rings. The molecule has 0 saturated heterocycles. The Bertz CT molecular complexity index is 564. The summed E-state index contributed by atoms with van der Waals surface area (Å²) in [5, 5.41) is 6.96. The number of aromatic nitrogens is 2. The zero-order chi connectivity index (χ0) is 15.3. The summed E-state index contributed by atoms with van der Waals surface area (Å²) < 4.78 is 53.0. The van der Waals surface area contributed by atoms with Crippen molar-refractivity contribution >= 4 is 0 Å². The summed E-state index contributed by atoms with van der Waals surface area (Å²) >= 11 is 0. The van der Waals surface area contributed by atoms with Gasteiger partial charge in [-0.2, -0.15) is 18.3 Å². The van der Waals surface area contributed by atoms with Gasteiger partial charge in [-0.25, -0.2) is 4.39 Å². The predicted molar refractivity (Wildman–Crippen MR) is 70.0 cm³/mol. The van der Waals surface area contributed by atoms with Gasteiger partial charge in [0, 0.05) is 25.5 Å². The van der Waals surface area contributed by atoms with Crippen LogP contribution in [0.3, 0.4) is 0 Å². The number of halogens is 4. The second kappa shape index (κ2) is 6.71. The van der Waals surface area contributed by atoms with Gasteiger partial charge in [-0.05, 0) is 36.7 Å². The van der Waals surface area contributed by atoms with Crippen LogP contribution in [-0.2, 0) is 19.3 Å². The summed E-state index contributed by atoms with van der Waals surface area (Å²) in [4.78, 5) is 0. The Labute approximate surface area is 119 Å². The fourth-order valence-electron chi connectivity index (χ4n) is 1.99. The van der Waals surface area contributed by atoms with Crippen molar-refractivity contribution in [1.29, 1.82) is 0 Å². The average Bonchev–Trinajstić information content (AvgIpc) is 2.92. The van der Waals surface area contributed by atoms with Gasteiger partial charge in [0.05, 0.1) is 5.56 Å². The van der Waals surface area contributed by atoms with Crippen LogP contribution >= 0.6 is 0 Å². The molecule has 0 spiro atoms. The first-order chi connectivity index (χ1) is 9.97. The van der Waals surface area contributed by atoms with Crippen LogP contribution in [0.4, 0.5) is 17.6 Å². The molecule has 1 heterocycles. The summed E-state index contributed by atoms with van der Waals surface area (Å²) in [6.07, 6.45) is -0.318. The molecule has 0 saturated carbocycles. The van der Waals surface area contributed by atoms with Gasteiger partial charge in [0.2, 0.25) is 0 Å². The summed E-state index contributed by atoms with van der Waals surface area (Å²) in [5.41, 5.74) is -0.884. The Morgan fingerprint density at radius 1 is 1.24 bits per heavy atom. The van der Waals surface area contributed by atoms with Crippen molar-refractivity contribution in [2.24, 2.45) is 0 Å². The highest BCUT2D eigenvalue weighted by atomic mass is 19.4. The number of nitrogens with zero attached hydrogens (tertiary/aromatic N) is 2. The molecule has 0 aliphatic rings. The lowest BCUT2D eigenvalue weighted by molar-refractivity contribution is -0.138. The first kappa shape index (κ1) is 15.5. The first-order valence-electron chi connectivity index (χ1n) is 6.50. The van der Waals surface area contributed by atoms with Crippen LogP contribution in [0, 0.1) is 5.82 Å². The Kier molecular flexibility index (Phi) is 4.95. The van der Waals surface area contributed by atoms with E-state index in [1.807, 2.05) is 12.3 Å². The van der Waals surface area contributed by atoms with E-state index in [0.717, 1.165) is 12.5 Å². The Balaban J connectivity index is 1.85. The van der Waals surface area contributed by atoms with E-state index >= 15 is 0 Å². The largest absolute Gasteiger partial charge is 0.416 e. The van der Waals surface area contributed by atoms with E-state index in [2.05, 4.69) is 10.4 Å². The van der Waals surface area contributed by atoms with Gasteiger partial charge < -0.3 is 5.32 Å². The van der Waals surface area contributed by atoms with Gasteiger partial charge in [-0.3, -0.25) is 4.68 Å². The molecule has 114 valence electrons. The SMILES string of the molecule is Fc1ccc(CNCCCn2cccn2)c(C(F)(F)F)c1. The fourth-order valence-corrected chi connectivity index (χ4v) is 1.99. The van der Waals surface area contributed by atoms with Crippen LogP contribution in [0.1, 0.15) is 17.5 Å². The van der Waals surface area contributed by atoms with Crippen LogP contribution in [0.25, 0.3) is 0 Å². The first-order valence-corrected chi connectivity index (χ1v) is 6.50. The molecule has 2 rings (SSSR count). The molecule has 0 amide bonds. The monoisotopic (exact) mass is 301 g/mol. The molecule has 1 aromatic carbocycles. The van der Waals surface area contributed by atoms with Gasteiger partial charge in [-0.1, -0.05) is 6.07 Å². The minimum absolute atomic E-state index is 0.0444. The van der Waals surface area contributed by atoms with Crippen molar-refractivity contribution in [3.05, 3.63) is 53.6 Å². The molecular formula is C14H15F4N3. The van der Waals surface area contributed by atoms with Crippen molar-refractivity contribution in [2.45, 2.75) is 25.7 Å². The number of hydrogen-bond donors (Lipinski definition) is 1. The lowest BCUT2D eigenvalue weighted by Crippen LogP contribution is -2.20. The smallest absolute Gasteiger partial charge is 0.313 e. The van der Waals surface area contributed by atoms with Crippen LogP contribution < -0.4 is 5.32 Å². The van der Waals surface area contributed by atoms with Crippen molar-refractivity contribution in [3.8, 4) is 0 Å². The topological polar surface area (TPSA) is 29.9 Å². The summed E-state index contributed by atoms with van der Waals surface area (Å²) in [6.45, 7) is 1.29. The zero-order valence-electron chi connectivity index (χ0n) is 11.2. The third kappa shape index (κ3) is 4.56. The van der Waals surface area contributed by atoms with Gasteiger partial charge in [0.15, 0.2) is 0 Å². The van der Waals surface area contributed by atoms with Gasteiger partial charge in [0.25, 0.3) is 0 Å². The standard InChI is InChI=1S/C14H15F4N3/c15-12-4-3-11(13(9-12)14(16,17)18)10-19-5-1-7-21-8-2-6-20-21/h2-4,6,8-9,19H,1,5,7,10H2. The second-order valence-electron chi connectivity index (χ2n) is 4.60. The van der Waals surface area contributed by atoms with Gasteiger partial charge in [0.1, 0.15) is 5.82 Å². The molecule has 0 radical (unpaired) electrons. The lowest BCUT2D eigenvalue weighted by Gasteiger charge is -2.13. The molecule has 0 unspecified atom stereocenters. The molecule has 3 nitrogen and oxygen atoms in total. The van der Waals surface area contributed by atoms with Crippen LogP contribution in [-0.4, -0.2) is 16.3 Å². The minimum Gasteiger partial charge on any atom is -0.313 e. The predicted octanol–water partition coefficient (Wildman–Crippen LogP) is 3.22. The molecule has 0 aliphatic carbocycles. The molecule has 0 atom stereocenters. The number of aryl methyl sites for hydroxylation is 1. The number of rotatable bonds is 6. The number of nitrogens with one attached hydrogen (secondary N) is 1. The third-order valence-electron chi connectivity index (χ3n) is 2.99. The quantitative estimate of drug-likeness (QED) is 0.656. The minimum atomic E-state index is -4.55. The van der Waals surface area contributed by atoms with E-state index in [1.165, 1.54) is 6.07 Å². The molecule has 1 aromatic heterocycles. The number of hydrogen-bond acceptors (Lipinski definition) is 2. The van der Waals surface area contributed by atoms with Crippen molar-refractivity contribution in [1.82, 2.24) is 15.1 Å². The molecule has 1 N–H and O–H groups in total. The Morgan fingerprint density at radius 3 is 2.71 bits per heavy atom. The van der Waals surface area contributed by atoms with Crippen LogP contribution in [0.2, 0.25) is 0 Å². The van der Waals surface area contributed by atoms with Crippen LogP contribution in [0.5, 0.6) is 0 Å². The number of alkyl halides is 3. The zero-order valence-corrected chi connectivity index (χ0v) is 11.2. The Morgan fingerprint density at radius 2 is 2.05 bits per heavy atom. The molecule has 0 aliphatic heterocycles. The van der Waals surface area contributed by atoms with Gasteiger partial charge >= 0.3 is 6.18 Å². The lowest BCUT2D eigenvalue weighted by atomic mass is 10.1. The molecule has 21 heavy (non-hydrogen) atoms. The maximum atomic E-state index is 12.9. The normalized spacial score (nSPS) is 11.8. The highest BCUT2D eigenvalue weighted by molar-refractivity contribution is 5.30. The summed E-state index contributed by atoms with van der Waals surface area (Å²) in [6, 6.07) is 4.54. The Hall–Kier alpha value is -1.89. The highest BCUT2D eigenvalue weighted by Crippen LogP contribution is 2.32. The van der Waals surface area contributed by atoms with Crippen LogP contribution in [0.15, 0.2) is 36.7 Å². The maximum Gasteiger partial charge on any atom is 0.416 e. The number of benzene rings is 1. The molecule has 7 heteroatoms. The maximum absolute atomic E-state index is 12.9. The molecule has 2 aromatic rings. The second-order valence-corrected chi connectivity index (χ2v) is 4.60. The van der Waals surface area contributed by atoms with Crippen molar-refractivity contribution in [3.63, 3.8) is 0 Å². The molecular weight excluding hydrogens is 286 g/mol. The van der Waals surface area contributed by atoms with E-state index in [-0.39, 0.29) is 12.1 Å².